The summed E-state index contributed by atoms with van der Waals surface area (Å²) in [5.41, 5.74) is 0.331. The van der Waals surface area contributed by atoms with Crippen molar-refractivity contribution in [2.45, 2.75) is 44.9 Å². The molecule has 14 heavy (non-hydrogen) atoms. The molecule has 4 heteroatoms. The van der Waals surface area contributed by atoms with Gasteiger partial charge < -0.3 is 4.52 Å². The predicted molar refractivity (Wildman–Crippen MR) is 54.3 cm³/mol. The van der Waals surface area contributed by atoms with Gasteiger partial charge in [0.15, 0.2) is 5.82 Å². The highest BCUT2D eigenvalue weighted by molar-refractivity contribution is 6.20. The fourth-order valence-corrected chi connectivity index (χ4v) is 1.68. The van der Waals surface area contributed by atoms with Crippen molar-refractivity contribution in [3.05, 3.63) is 11.7 Å². The Balaban J connectivity index is 2.11. The average Bonchev–Trinajstić information content (AvgIpc) is 2.64. The van der Waals surface area contributed by atoms with Crippen molar-refractivity contribution >= 4 is 11.6 Å². The van der Waals surface area contributed by atoms with Crippen LogP contribution in [0.3, 0.4) is 0 Å². The fourth-order valence-electron chi connectivity index (χ4n) is 1.59. The van der Waals surface area contributed by atoms with Gasteiger partial charge in [-0.2, -0.15) is 4.98 Å². The van der Waals surface area contributed by atoms with Gasteiger partial charge in [-0.3, -0.25) is 0 Å². The lowest BCUT2D eigenvalue weighted by molar-refractivity contribution is 0.362. The van der Waals surface area contributed by atoms with Gasteiger partial charge in [-0.05, 0) is 18.3 Å². The molecule has 1 aliphatic carbocycles. The summed E-state index contributed by atoms with van der Waals surface area (Å²) in [5, 5.41) is 3.78. The standard InChI is InChI=1S/C10H15ClN2O/c1-4-7(11)8-12-9(14-13-8)6-5-10(6,2)3/h6-7H,4-5H2,1-3H3. The van der Waals surface area contributed by atoms with E-state index < -0.39 is 0 Å². The molecule has 1 heterocycles. The molecule has 0 aromatic carbocycles. The Kier molecular flexibility index (Phi) is 2.30. The Labute approximate surface area is 88.8 Å². The highest BCUT2D eigenvalue weighted by atomic mass is 35.5. The third kappa shape index (κ3) is 1.65. The zero-order valence-corrected chi connectivity index (χ0v) is 9.51. The molecule has 0 radical (unpaired) electrons. The van der Waals surface area contributed by atoms with Crippen molar-refractivity contribution in [3.8, 4) is 0 Å². The van der Waals surface area contributed by atoms with Gasteiger partial charge in [0, 0.05) is 5.92 Å². The zero-order chi connectivity index (χ0) is 10.3. The van der Waals surface area contributed by atoms with Crippen LogP contribution in [0.1, 0.15) is 56.6 Å². The number of rotatable bonds is 3. The predicted octanol–water partition coefficient (Wildman–Crippen LogP) is 3.27. The molecule has 1 aromatic rings. The van der Waals surface area contributed by atoms with E-state index in [9.17, 15) is 0 Å². The second kappa shape index (κ2) is 3.23. The largest absolute Gasteiger partial charge is 0.339 e. The molecule has 0 bridgehead atoms. The normalized spacial score (nSPS) is 26.1. The van der Waals surface area contributed by atoms with Gasteiger partial charge in [0.05, 0.1) is 5.38 Å². The maximum Gasteiger partial charge on any atom is 0.230 e. The second-order valence-electron chi connectivity index (χ2n) is 4.61. The van der Waals surface area contributed by atoms with Gasteiger partial charge in [0.1, 0.15) is 0 Å². The highest BCUT2D eigenvalue weighted by Crippen LogP contribution is 2.58. The number of hydrogen-bond donors (Lipinski definition) is 0. The fraction of sp³-hybridized carbons (Fsp3) is 0.800. The molecule has 3 nitrogen and oxygen atoms in total. The monoisotopic (exact) mass is 214 g/mol. The first-order chi connectivity index (χ1) is 6.54. The first-order valence-corrected chi connectivity index (χ1v) is 5.46. The van der Waals surface area contributed by atoms with Crippen LogP contribution in [0.5, 0.6) is 0 Å². The molecule has 1 aliphatic rings. The number of halogens is 1. The topological polar surface area (TPSA) is 38.9 Å². The van der Waals surface area contributed by atoms with Crippen molar-refractivity contribution in [3.63, 3.8) is 0 Å². The molecule has 0 amide bonds. The summed E-state index contributed by atoms with van der Waals surface area (Å²) in [5.74, 6) is 1.82. The summed E-state index contributed by atoms with van der Waals surface area (Å²) in [6.45, 7) is 6.42. The smallest absolute Gasteiger partial charge is 0.230 e. The van der Waals surface area contributed by atoms with E-state index in [0.29, 0.717) is 17.2 Å². The minimum absolute atomic E-state index is 0.116. The highest BCUT2D eigenvalue weighted by Gasteiger charge is 2.50. The van der Waals surface area contributed by atoms with Crippen LogP contribution in [0, 0.1) is 5.41 Å². The Morgan fingerprint density at radius 3 is 2.79 bits per heavy atom. The maximum atomic E-state index is 6.02. The Bertz CT molecular complexity index is 335. The third-order valence-corrected chi connectivity index (χ3v) is 3.41. The number of aromatic nitrogens is 2. The molecule has 0 N–H and O–H groups in total. The lowest BCUT2D eigenvalue weighted by Crippen LogP contribution is -1.93. The molecule has 1 fully saturated rings. The van der Waals surface area contributed by atoms with E-state index in [-0.39, 0.29) is 5.38 Å². The second-order valence-corrected chi connectivity index (χ2v) is 5.14. The van der Waals surface area contributed by atoms with E-state index in [1.807, 2.05) is 6.92 Å². The molecule has 1 aromatic heterocycles. The molecule has 0 saturated heterocycles. The van der Waals surface area contributed by atoms with Crippen LogP contribution in [0.15, 0.2) is 4.52 Å². The van der Waals surface area contributed by atoms with Crippen molar-refractivity contribution in [1.82, 2.24) is 10.1 Å². The zero-order valence-electron chi connectivity index (χ0n) is 8.75. The van der Waals surface area contributed by atoms with Crippen LogP contribution >= 0.6 is 11.6 Å². The molecular weight excluding hydrogens is 200 g/mol. The van der Waals surface area contributed by atoms with Crippen molar-refractivity contribution in [2.24, 2.45) is 5.41 Å². The quantitative estimate of drug-likeness (QED) is 0.725. The van der Waals surface area contributed by atoms with E-state index in [0.717, 1.165) is 18.7 Å². The molecule has 2 unspecified atom stereocenters. The number of hydrogen-bond acceptors (Lipinski definition) is 3. The van der Waals surface area contributed by atoms with E-state index in [1.54, 1.807) is 0 Å². The van der Waals surface area contributed by atoms with Crippen molar-refractivity contribution < 1.29 is 4.52 Å². The van der Waals surface area contributed by atoms with Crippen molar-refractivity contribution in [1.29, 1.82) is 0 Å². The molecular formula is C10H15ClN2O. The Hall–Kier alpha value is -0.570. The van der Waals surface area contributed by atoms with Gasteiger partial charge in [0.2, 0.25) is 5.89 Å². The SMILES string of the molecule is CCC(Cl)c1noc(C2CC2(C)C)n1. The molecule has 2 rings (SSSR count). The molecule has 1 saturated carbocycles. The Morgan fingerprint density at radius 2 is 2.29 bits per heavy atom. The van der Waals surface area contributed by atoms with Gasteiger partial charge in [-0.25, -0.2) is 0 Å². The van der Waals surface area contributed by atoms with Gasteiger partial charge >= 0.3 is 0 Å². The van der Waals surface area contributed by atoms with E-state index in [2.05, 4.69) is 24.0 Å². The van der Waals surface area contributed by atoms with Gasteiger partial charge in [-0.1, -0.05) is 25.9 Å². The Morgan fingerprint density at radius 1 is 1.64 bits per heavy atom. The van der Waals surface area contributed by atoms with Crippen LogP contribution in [0.25, 0.3) is 0 Å². The summed E-state index contributed by atoms with van der Waals surface area (Å²) < 4.78 is 5.20. The average molecular weight is 215 g/mol. The van der Waals surface area contributed by atoms with E-state index in [4.69, 9.17) is 16.1 Å². The molecule has 0 spiro atoms. The lowest BCUT2D eigenvalue weighted by Gasteiger charge is -1.97. The first-order valence-electron chi connectivity index (χ1n) is 5.02. The summed E-state index contributed by atoms with van der Waals surface area (Å²) in [4.78, 5) is 4.33. The number of alkyl halides is 1. The van der Waals surface area contributed by atoms with E-state index in [1.165, 1.54) is 0 Å². The molecule has 78 valence electrons. The summed E-state index contributed by atoms with van der Waals surface area (Å²) >= 11 is 6.02. The van der Waals surface area contributed by atoms with Gasteiger partial charge in [0.25, 0.3) is 0 Å². The lowest BCUT2D eigenvalue weighted by atomic mass is 10.1. The summed E-state index contributed by atoms with van der Waals surface area (Å²) in [6, 6.07) is 0. The first kappa shape index (κ1) is 9.97. The van der Waals surface area contributed by atoms with Crippen LogP contribution < -0.4 is 0 Å². The number of nitrogens with zero attached hydrogens (tertiary/aromatic N) is 2. The van der Waals surface area contributed by atoms with Crippen LogP contribution in [0.4, 0.5) is 0 Å². The van der Waals surface area contributed by atoms with Crippen LogP contribution in [0.2, 0.25) is 0 Å². The van der Waals surface area contributed by atoms with Crippen LogP contribution in [-0.2, 0) is 0 Å². The minimum Gasteiger partial charge on any atom is -0.339 e. The third-order valence-electron chi connectivity index (χ3n) is 2.91. The maximum absolute atomic E-state index is 6.02. The van der Waals surface area contributed by atoms with Crippen molar-refractivity contribution in [2.75, 3.05) is 0 Å². The summed E-state index contributed by atoms with van der Waals surface area (Å²) in [7, 11) is 0. The van der Waals surface area contributed by atoms with Crippen LogP contribution in [-0.4, -0.2) is 10.1 Å². The minimum atomic E-state index is -0.116. The molecule has 2 atom stereocenters. The molecule has 0 aliphatic heterocycles. The summed E-state index contributed by atoms with van der Waals surface area (Å²) in [6.07, 6.45) is 1.96. The van der Waals surface area contributed by atoms with E-state index >= 15 is 0 Å². The van der Waals surface area contributed by atoms with Gasteiger partial charge in [-0.15, -0.1) is 11.6 Å².